The van der Waals surface area contributed by atoms with E-state index in [0.717, 1.165) is 27.6 Å². The molecule has 20 heavy (non-hydrogen) atoms. The van der Waals surface area contributed by atoms with Crippen molar-refractivity contribution in [1.29, 1.82) is 0 Å². The van der Waals surface area contributed by atoms with Gasteiger partial charge in [-0.05, 0) is 36.9 Å². The molecule has 0 unspecified atom stereocenters. The first-order valence-corrected chi connectivity index (χ1v) is 7.30. The van der Waals surface area contributed by atoms with E-state index in [9.17, 15) is 0 Å². The van der Waals surface area contributed by atoms with Gasteiger partial charge in [0.1, 0.15) is 23.8 Å². The standard InChI is InChI=1S/C16H15NO2S/c1-11-6-3-4-7-14(11)18-10-13-12(2)19-16(17-13)15-8-5-9-20-15/h3-9H,10H2,1-2H3. The lowest BCUT2D eigenvalue weighted by atomic mass is 10.2. The van der Waals surface area contributed by atoms with E-state index in [0.29, 0.717) is 12.5 Å². The summed E-state index contributed by atoms with van der Waals surface area (Å²) in [5, 5.41) is 2.01. The van der Waals surface area contributed by atoms with Crippen LogP contribution in [0.5, 0.6) is 5.75 Å². The van der Waals surface area contributed by atoms with Gasteiger partial charge < -0.3 is 9.15 Å². The second-order valence-corrected chi connectivity index (χ2v) is 5.50. The fourth-order valence-electron chi connectivity index (χ4n) is 1.93. The summed E-state index contributed by atoms with van der Waals surface area (Å²) in [7, 11) is 0. The quantitative estimate of drug-likeness (QED) is 0.702. The molecule has 0 N–H and O–H groups in total. The van der Waals surface area contributed by atoms with E-state index in [1.165, 1.54) is 0 Å². The predicted octanol–water partition coefficient (Wildman–Crippen LogP) is 4.60. The second kappa shape index (κ2) is 5.51. The highest BCUT2D eigenvalue weighted by Crippen LogP contribution is 2.26. The molecule has 0 bridgehead atoms. The average molecular weight is 285 g/mol. The van der Waals surface area contributed by atoms with Gasteiger partial charge in [0.2, 0.25) is 5.89 Å². The molecule has 3 nitrogen and oxygen atoms in total. The van der Waals surface area contributed by atoms with Crippen molar-refractivity contribution in [1.82, 2.24) is 4.98 Å². The Bertz CT molecular complexity index is 701. The molecule has 0 fully saturated rings. The lowest BCUT2D eigenvalue weighted by molar-refractivity contribution is 0.297. The van der Waals surface area contributed by atoms with Gasteiger partial charge in [0.05, 0.1) is 4.88 Å². The van der Waals surface area contributed by atoms with Crippen molar-refractivity contribution in [2.45, 2.75) is 20.5 Å². The van der Waals surface area contributed by atoms with Gasteiger partial charge >= 0.3 is 0 Å². The third-order valence-electron chi connectivity index (χ3n) is 3.08. The first-order valence-electron chi connectivity index (χ1n) is 6.42. The fourth-order valence-corrected chi connectivity index (χ4v) is 2.58. The zero-order valence-corrected chi connectivity index (χ0v) is 12.2. The lowest BCUT2D eigenvalue weighted by Gasteiger charge is -2.06. The maximum absolute atomic E-state index is 5.82. The summed E-state index contributed by atoms with van der Waals surface area (Å²) in [6.07, 6.45) is 0. The van der Waals surface area contributed by atoms with Crippen LogP contribution < -0.4 is 4.74 Å². The van der Waals surface area contributed by atoms with Crippen LogP contribution in [0.1, 0.15) is 17.0 Å². The van der Waals surface area contributed by atoms with Crippen LogP contribution in [0.25, 0.3) is 10.8 Å². The molecule has 0 amide bonds. The Hall–Kier alpha value is -2.07. The van der Waals surface area contributed by atoms with E-state index in [4.69, 9.17) is 9.15 Å². The third kappa shape index (κ3) is 2.60. The molecule has 0 aliphatic rings. The zero-order valence-electron chi connectivity index (χ0n) is 11.4. The summed E-state index contributed by atoms with van der Waals surface area (Å²) in [5.41, 5.74) is 1.96. The number of aromatic nitrogens is 1. The van der Waals surface area contributed by atoms with Gasteiger partial charge in [-0.2, -0.15) is 0 Å². The smallest absolute Gasteiger partial charge is 0.236 e. The minimum Gasteiger partial charge on any atom is -0.487 e. The first kappa shape index (κ1) is 12.9. The SMILES string of the molecule is Cc1ccccc1OCc1nc(-c2cccs2)oc1C. The molecule has 0 aliphatic carbocycles. The predicted molar refractivity (Wildman–Crippen MR) is 80.1 cm³/mol. The van der Waals surface area contributed by atoms with E-state index in [2.05, 4.69) is 4.98 Å². The van der Waals surface area contributed by atoms with Crippen LogP contribution in [0.2, 0.25) is 0 Å². The minimum atomic E-state index is 0.422. The van der Waals surface area contributed by atoms with Crippen LogP contribution in [0.4, 0.5) is 0 Å². The number of hydrogen-bond acceptors (Lipinski definition) is 4. The van der Waals surface area contributed by atoms with Gasteiger partial charge in [-0.3, -0.25) is 0 Å². The third-order valence-corrected chi connectivity index (χ3v) is 3.94. The Morgan fingerprint density at radius 1 is 1.15 bits per heavy atom. The molecular formula is C16H15NO2S. The Balaban J connectivity index is 1.77. The number of rotatable bonds is 4. The van der Waals surface area contributed by atoms with Crippen LogP contribution >= 0.6 is 11.3 Å². The fraction of sp³-hybridized carbons (Fsp3) is 0.188. The summed E-state index contributed by atoms with van der Waals surface area (Å²) in [4.78, 5) is 5.55. The monoisotopic (exact) mass is 285 g/mol. The van der Waals surface area contributed by atoms with Crippen molar-refractivity contribution in [2.75, 3.05) is 0 Å². The summed E-state index contributed by atoms with van der Waals surface area (Å²) < 4.78 is 11.5. The second-order valence-electron chi connectivity index (χ2n) is 4.55. The summed E-state index contributed by atoms with van der Waals surface area (Å²) in [5.74, 6) is 2.36. The number of ether oxygens (including phenoxy) is 1. The number of nitrogens with zero attached hydrogens (tertiary/aromatic N) is 1. The molecule has 0 saturated heterocycles. The van der Waals surface area contributed by atoms with Gasteiger partial charge in [0.15, 0.2) is 0 Å². The first-order chi connectivity index (χ1) is 9.74. The number of oxazole rings is 1. The minimum absolute atomic E-state index is 0.422. The lowest BCUT2D eigenvalue weighted by Crippen LogP contribution is -1.98. The van der Waals surface area contributed by atoms with E-state index < -0.39 is 0 Å². The highest BCUT2D eigenvalue weighted by molar-refractivity contribution is 7.13. The van der Waals surface area contributed by atoms with Crippen LogP contribution in [0.3, 0.4) is 0 Å². The topological polar surface area (TPSA) is 35.3 Å². The Morgan fingerprint density at radius 3 is 2.75 bits per heavy atom. The van der Waals surface area contributed by atoms with Crippen LogP contribution in [0, 0.1) is 13.8 Å². The highest BCUT2D eigenvalue weighted by Gasteiger charge is 2.12. The van der Waals surface area contributed by atoms with Gasteiger partial charge in [-0.15, -0.1) is 11.3 Å². The van der Waals surface area contributed by atoms with E-state index in [-0.39, 0.29) is 0 Å². The Morgan fingerprint density at radius 2 is 2.00 bits per heavy atom. The van der Waals surface area contributed by atoms with Gasteiger partial charge in [-0.1, -0.05) is 24.3 Å². The molecule has 3 aromatic rings. The molecule has 0 atom stereocenters. The van der Waals surface area contributed by atoms with Crippen LogP contribution in [0.15, 0.2) is 46.2 Å². The zero-order chi connectivity index (χ0) is 13.9. The molecule has 2 heterocycles. The normalized spacial score (nSPS) is 10.7. The number of aryl methyl sites for hydroxylation is 2. The van der Waals surface area contributed by atoms with Crippen molar-refractivity contribution < 1.29 is 9.15 Å². The summed E-state index contributed by atoms with van der Waals surface area (Å²) in [6, 6.07) is 11.9. The average Bonchev–Trinajstić information content (AvgIpc) is 3.07. The molecular weight excluding hydrogens is 270 g/mol. The largest absolute Gasteiger partial charge is 0.487 e. The molecule has 102 valence electrons. The van der Waals surface area contributed by atoms with Crippen LogP contribution in [-0.4, -0.2) is 4.98 Å². The molecule has 0 aliphatic heterocycles. The molecule has 0 saturated carbocycles. The van der Waals surface area contributed by atoms with Crippen molar-refractivity contribution >= 4 is 11.3 Å². The number of hydrogen-bond donors (Lipinski definition) is 0. The maximum Gasteiger partial charge on any atom is 0.236 e. The number of thiophene rings is 1. The van der Waals surface area contributed by atoms with Crippen molar-refractivity contribution in [3.05, 3.63) is 58.8 Å². The summed E-state index contributed by atoms with van der Waals surface area (Å²) in [6.45, 7) is 4.37. The highest BCUT2D eigenvalue weighted by atomic mass is 32.1. The van der Waals surface area contributed by atoms with E-state index in [1.54, 1.807) is 11.3 Å². The maximum atomic E-state index is 5.82. The van der Waals surface area contributed by atoms with Gasteiger partial charge in [-0.25, -0.2) is 4.98 Å². The van der Waals surface area contributed by atoms with Gasteiger partial charge in [0.25, 0.3) is 0 Å². The molecule has 3 rings (SSSR count). The van der Waals surface area contributed by atoms with Crippen molar-refractivity contribution in [3.8, 4) is 16.5 Å². The van der Waals surface area contributed by atoms with Gasteiger partial charge in [0, 0.05) is 0 Å². The Kier molecular flexibility index (Phi) is 3.56. The molecule has 0 radical (unpaired) electrons. The van der Waals surface area contributed by atoms with E-state index in [1.807, 2.05) is 55.6 Å². The van der Waals surface area contributed by atoms with Crippen molar-refractivity contribution in [3.63, 3.8) is 0 Å². The number of para-hydroxylation sites is 1. The number of benzene rings is 1. The Labute approximate surface area is 121 Å². The summed E-state index contributed by atoms with van der Waals surface area (Å²) >= 11 is 1.62. The van der Waals surface area contributed by atoms with E-state index >= 15 is 0 Å². The van der Waals surface area contributed by atoms with Crippen molar-refractivity contribution in [2.24, 2.45) is 0 Å². The molecule has 2 aromatic heterocycles. The van der Waals surface area contributed by atoms with Crippen LogP contribution in [-0.2, 0) is 6.61 Å². The molecule has 1 aromatic carbocycles. The molecule has 4 heteroatoms. The molecule has 0 spiro atoms.